The van der Waals surface area contributed by atoms with Gasteiger partial charge in [-0.05, 0) is 12.8 Å². The summed E-state index contributed by atoms with van der Waals surface area (Å²) in [7, 11) is 0. The zero-order chi connectivity index (χ0) is 12.5. The minimum Gasteiger partial charge on any atom is -0.264 e. The lowest BCUT2D eigenvalue weighted by molar-refractivity contribution is -0.530. The number of nitro groups is 1. The van der Waals surface area contributed by atoms with Gasteiger partial charge in [-0.15, -0.1) is 0 Å². The van der Waals surface area contributed by atoms with E-state index < -0.39 is 6.04 Å². The van der Waals surface area contributed by atoms with E-state index in [0.717, 1.165) is 25.7 Å². The van der Waals surface area contributed by atoms with Gasteiger partial charge in [-0.2, -0.15) is 5.26 Å². The zero-order valence-corrected chi connectivity index (χ0v) is 10.4. The lowest BCUT2D eigenvalue weighted by Crippen LogP contribution is -2.28. The van der Waals surface area contributed by atoms with E-state index in [1.54, 1.807) is 0 Å². The fourth-order valence-electron chi connectivity index (χ4n) is 2.57. The third-order valence-electron chi connectivity index (χ3n) is 3.67. The molecule has 2 unspecified atom stereocenters. The molecule has 0 amide bonds. The Balaban J connectivity index is 2.55. The van der Waals surface area contributed by atoms with Gasteiger partial charge >= 0.3 is 0 Å². The number of nitriles is 1. The van der Waals surface area contributed by atoms with Crippen molar-refractivity contribution in [3.63, 3.8) is 0 Å². The minimum atomic E-state index is -0.639. The average Bonchev–Trinajstić information content (AvgIpc) is 2.29. The van der Waals surface area contributed by atoms with E-state index >= 15 is 0 Å². The first-order chi connectivity index (χ1) is 8.25. The summed E-state index contributed by atoms with van der Waals surface area (Å²) in [6.45, 7) is 0. The molecule has 0 N–H and O–H groups in total. The largest absolute Gasteiger partial charge is 0.264 e. The van der Waals surface area contributed by atoms with Gasteiger partial charge in [0.1, 0.15) is 5.92 Å². The Bertz CT molecular complexity index is 273. The van der Waals surface area contributed by atoms with Gasteiger partial charge in [0.15, 0.2) is 0 Å². The van der Waals surface area contributed by atoms with Crippen molar-refractivity contribution < 1.29 is 4.92 Å². The summed E-state index contributed by atoms with van der Waals surface area (Å²) in [5, 5.41) is 20.1. The number of hydrogen-bond acceptors (Lipinski definition) is 3. The van der Waals surface area contributed by atoms with Crippen LogP contribution in [0.1, 0.15) is 64.2 Å². The summed E-state index contributed by atoms with van der Waals surface area (Å²) in [5.74, 6) is -0.385. The second-order valence-electron chi connectivity index (χ2n) is 4.99. The molecule has 17 heavy (non-hydrogen) atoms. The van der Waals surface area contributed by atoms with E-state index in [1.165, 1.54) is 25.7 Å². The third-order valence-corrected chi connectivity index (χ3v) is 3.67. The highest BCUT2D eigenvalue weighted by molar-refractivity contribution is 4.88. The molecular formula is C13H22N2O2. The summed E-state index contributed by atoms with van der Waals surface area (Å²) >= 11 is 0. The quantitative estimate of drug-likeness (QED) is 0.517. The maximum absolute atomic E-state index is 11.0. The second kappa shape index (κ2) is 8.05. The first-order valence-corrected chi connectivity index (χ1v) is 6.79. The summed E-state index contributed by atoms with van der Waals surface area (Å²) in [6.07, 6.45) is 10.2. The first-order valence-electron chi connectivity index (χ1n) is 6.79. The van der Waals surface area contributed by atoms with Crippen molar-refractivity contribution in [1.29, 1.82) is 5.26 Å². The molecule has 0 radical (unpaired) electrons. The van der Waals surface area contributed by atoms with Gasteiger partial charge in [-0.1, -0.05) is 44.9 Å². The lowest BCUT2D eigenvalue weighted by atomic mass is 9.90. The lowest BCUT2D eigenvalue weighted by Gasteiger charge is -2.15. The normalized spacial score (nSPS) is 28.4. The molecule has 0 saturated heterocycles. The molecular weight excluding hydrogens is 216 g/mol. The zero-order valence-electron chi connectivity index (χ0n) is 10.4. The maximum atomic E-state index is 11.0. The van der Waals surface area contributed by atoms with Gasteiger partial charge in [-0.25, -0.2) is 0 Å². The van der Waals surface area contributed by atoms with Crippen molar-refractivity contribution in [3.8, 4) is 6.07 Å². The van der Waals surface area contributed by atoms with E-state index in [2.05, 4.69) is 6.07 Å². The molecule has 0 aromatic carbocycles. The van der Waals surface area contributed by atoms with Crippen molar-refractivity contribution in [2.45, 2.75) is 70.3 Å². The molecule has 0 aromatic heterocycles. The predicted molar refractivity (Wildman–Crippen MR) is 66.1 cm³/mol. The Kier molecular flexibility index (Phi) is 6.61. The van der Waals surface area contributed by atoms with Crippen LogP contribution in [0.3, 0.4) is 0 Å². The highest BCUT2D eigenvalue weighted by Crippen LogP contribution is 2.22. The summed E-state index contributed by atoms with van der Waals surface area (Å²) in [4.78, 5) is 10.8. The summed E-state index contributed by atoms with van der Waals surface area (Å²) in [5.41, 5.74) is 0. The van der Waals surface area contributed by atoms with Gasteiger partial charge in [0.2, 0.25) is 6.04 Å². The van der Waals surface area contributed by atoms with Crippen LogP contribution in [0.2, 0.25) is 0 Å². The van der Waals surface area contributed by atoms with Crippen molar-refractivity contribution >= 4 is 0 Å². The molecule has 0 aromatic rings. The van der Waals surface area contributed by atoms with Gasteiger partial charge < -0.3 is 0 Å². The first kappa shape index (κ1) is 14.0. The van der Waals surface area contributed by atoms with Gasteiger partial charge in [-0.3, -0.25) is 10.1 Å². The van der Waals surface area contributed by atoms with Crippen molar-refractivity contribution in [1.82, 2.24) is 0 Å². The van der Waals surface area contributed by atoms with Crippen LogP contribution < -0.4 is 0 Å². The SMILES string of the molecule is N#CC1CCCCCCCCCCC1[N+](=O)[O-]. The molecule has 2 atom stereocenters. The minimum absolute atomic E-state index is 0.236. The van der Waals surface area contributed by atoms with Crippen molar-refractivity contribution in [2.75, 3.05) is 0 Å². The topological polar surface area (TPSA) is 66.9 Å². The van der Waals surface area contributed by atoms with Gasteiger partial charge in [0.05, 0.1) is 6.07 Å². The van der Waals surface area contributed by atoms with Crippen LogP contribution in [0, 0.1) is 27.4 Å². The van der Waals surface area contributed by atoms with E-state index in [1.807, 2.05) is 0 Å². The molecule has 0 bridgehead atoms. The van der Waals surface area contributed by atoms with Crippen LogP contribution in [0.5, 0.6) is 0 Å². The molecule has 1 rings (SSSR count). The van der Waals surface area contributed by atoms with Gasteiger partial charge in [0, 0.05) is 11.3 Å². The predicted octanol–water partition coefficient (Wildman–Crippen LogP) is 3.69. The molecule has 1 fully saturated rings. The molecule has 1 saturated carbocycles. The Labute approximate surface area is 103 Å². The maximum Gasteiger partial charge on any atom is 0.228 e. The number of nitrogens with zero attached hydrogens (tertiary/aromatic N) is 2. The molecule has 1 aliphatic carbocycles. The fourth-order valence-corrected chi connectivity index (χ4v) is 2.57. The molecule has 0 aliphatic heterocycles. The molecule has 0 heterocycles. The van der Waals surface area contributed by atoms with Crippen LogP contribution in [0.25, 0.3) is 0 Å². The van der Waals surface area contributed by atoms with E-state index in [4.69, 9.17) is 5.26 Å². The average molecular weight is 238 g/mol. The number of rotatable bonds is 1. The fraction of sp³-hybridized carbons (Fsp3) is 0.923. The highest BCUT2D eigenvalue weighted by atomic mass is 16.6. The Morgan fingerprint density at radius 3 is 1.88 bits per heavy atom. The smallest absolute Gasteiger partial charge is 0.228 e. The Hall–Kier alpha value is -1.11. The van der Waals surface area contributed by atoms with E-state index in [-0.39, 0.29) is 10.8 Å². The monoisotopic (exact) mass is 238 g/mol. The molecule has 96 valence electrons. The van der Waals surface area contributed by atoms with E-state index in [9.17, 15) is 10.1 Å². The van der Waals surface area contributed by atoms with Crippen LogP contribution in [0.15, 0.2) is 0 Å². The van der Waals surface area contributed by atoms with Gasteiger partial charge in [0.25, 0.3) is 0 Å². The Morgan fingerprint density at radius 1 is 0.941 bits per heavy atom. The molecule has 4 nitrogen and oxygen atoms in total. The van der Waals surface area contributed by atoms with Crippen LogP contribution in [-0.2, 0) is 0 Å². The standard InChI is InChI=1S/C13H22N2O2/c14-11-12-9-7-5-3-1-2-4-6-8-10-13(12)15(16)17/h12-13H,1-10H2. The molecule has 4 heteroatoms. The third kappa shape index (κ3) is 5.16. The van der Waals surface area contributed by atoms with Crippen molar-refractivity contribution in [2.24, 2.45) is 5.92 Å². The number of hydrogen-bond donors (Lipinski definition) is 0. The van der Waals surface area contributed by atoms with Crippen LogP contribution >= 0.6 is 0 Å². The Morgan fingerprint density at radius 2 is 1.41 bits per heavy atom. The second-order valence-corrected chi connectivity index (χ2v) is 4.99. The van der Waals surface area contributed by atoms with Crippen LogP contribution in [0.4, 0.5) is 0 Å². The summed E-state index contributed by atoms with van der Waals surface area (Å²) in [6, 6.07) is 1.51. The van der Waals surface area contributed by atoms with Crippen LogP contribution in [-0.4, -0.2) is 11.0 Å². The molecule has 1 aliphatic rings. The van der Waals surface area contributed by atoms with E-state index in [0.29, 0.717) is 12.8 Å². The van der Waals surface area contributed by atoms with Crippen molar-refractivity contribution in [3.05, 3.63) is 10.1 Å². The molecule has 0 spiro atoms. The highest BCUT2D eigenvalue weighted by Gasteiger charge is 2.30. The summed E-state index contributed by atoms with van der Waals surface area (Å²) < 4.78 is 0.